The minimum atomic E-state index is -0.259. The first-order valence-electron chi connectivity index (χ1n) is 16.2. The highest BCUT2D eigenvalue weighted by Crippen LogP contribution is 2.50. The lowest BCUT2D eigenvalue weighted by Crippen LogP contribution is -2.15. The molecule has 0 saturated heterocycles. The molecule has 0 atom stereocenters. The van der Waals surface area contributed by atoms with Crippen LogP contribution in [0.2, 0.25) is 0 Å². The monoisotopic (exact) mass is 616 g/mol. The van der Waals surface area contributed by atoms with Gasteiger partial charge < -0.3 is 0 Å². The van der Waals surface area contributed by atoms with Crippen LogP contribution in [0, 0.1) is 17.1 Å². The van der Waals surface area contributed by atoms with E-state index in [9.17, 15) is 9.65 Å². The summed E-state index contributed by atoms with van der Waals surface area (Å²) in [7, 11) is 0. The molecular formula is C45H29FN2. The van der Waals surface area contributed by atoms with E-state index in [0.29, 0.717) is 5.56 Å². The molecule has 1 aliphatic carbocycles. The third-order valence-corrected chi connectivity index (χ3v) is 10.2. The van der Waals surface area contributed by atoms with E-state index in [1.165, 1.54) is 50.9 Å². The number of hydrogen-bond acceptors (Lipinski definition) is 2. The first kappa shape index (κ1) is 28.1. The molecule has 0 spiro atoms. The topological polar surface area (TPSA) is 36.7 Å². The molecule has 0 N–H and O–H groups in total. The highest BCUT2D eigenvalue weighted by Gasteiger charge is 2.35. The van der Waals surface area contributed by atoms with Crippen LogP contribution in [-0.2, 0) is 5.41 Å². The Labute approximate surface area is 278 Å². The maximum Gasteiger partial charge on any atom is 0.123 e. The van der Waals surface area contributed by atoms with Crippen molar-refractivity contribution in [2.45, 2.75) is 19.3 Å². The molecule has 0 fully saturated rings. The van der Waals surface area contributed by atoms with E-state index in [1.807, 2.05) is 24.3 Å². The predicted octanol–water partition coefficient (Wildman–Crippen LogP) is 11.9. The van der Waals surface area contributed by atoms with Gasteiger partial charge in [0.05, 0.1) is 22.8 Å². The SMILES string of the molecule is CC1(C)c2cc(C#N)ccc2-c2ccc(-c3ccc(-c4cccc5c4ccc4c(-c6ccc(F)cc6)nc6ccccc6c45)cc3)cc21. The Morgan fingerprint density at radius 2 is 1.19 bits per heavy atom. The molecule has 7 aromatic carbocycles. The molecule has 1 heterocycles. The fourth-order valence-corrected chi connectivity index (χ4v) is 7.72. The summed E-state index contributed by atoms with van der Waals surface area (Å²) in [5.41, 5.74) is 12.8. The highest BCUT2D eigenvalue weighted by atomic mass is 19.1. The summed E-state index contributed by atoms with van der Waals surface area (Å²) in [4.78, 5) is 5.04. The second-order valence-corrected chi connectivity index (χ2v) is 13.2. The Morgan fingerprint density at radius 1 is 0.542 bits per heavy atom. The van der Waals surface area contributed by atoms with E-state index in [2.05, 4.69) is 111 Å². The van der Waals surface area contributed by atoms with Crippen molar-refractivity contribution in [3.05, 3.63) is 162 Å². The number of aromatic nitrogens is 1. The lowest BCUT2D eigenvalue weighted by atomic mass is 9.81. The van der Waals surface area contributed by atoms with Crippen LogP contribution in [0.4, 0.5) is 4.39 Å². The van der Waals surface area contributed by atoms with Gasteiger partial charge in [0.25, 0.3) is 0 Å². The summed E-state index contributed by atoms with van der Waals surface area (Å²) in [6.45, 7) is 4.50. The highest BCUT2D eigenvalue weighted by molar-refractivity contribution is 6.24. The van der Waals surface area contributed by atoms with Crippen molar-refractivity contribution in [1.82, 2.24) is 4.98 Å². The van der Waals surface area contributed by atoms with Gasteiger partial charge >= 0.3 is 0 Å². The smallest absolute Gasteiger partial charge is 0.123 e. The molecule has 0 radical (unpaired) electrons. The molecule has 48 heavy (non-hydrogen) atoms. The maximum absolute atomic E-state index is 13.8. The van der Waals surface area contributed by atoms with Gasteiger partial charge in [0.15, 0.2) is 0 Å². The van der Waals surface area contributed by atoms with E-state index in [0.717, 1.165) is 49.4 Å². The van der Waals surface area contributed by atoms with Crippen LogP contribution in [0.15, 0.2) is 140 Å². The zero-order valence-electron chi connectivity index (χ0n) is 26.6. The molecule has 2 nitrogen and oxygen atoms in total. The van der Waals surface area contributed by atoms with Crippen LogP contribution < -0.4 is 0 Å². The van der Waals surface area contributed by atoms with E-state index in [1.54, 1.807) is 12.1 Å². The van der Waals surface area contributed by atoms with Gasteiger partial charge in [-0.05, 0) is 104 Å². The number of nitrogens with zero attached hydrogens (tertiary/aromatic N) is 2. The summed E-state index contributed by atoms with van der Waals surface area (Å²) in [5, 5.41) is 15.1. The van der Waals surface area contributed by atoms with Crippen LogP contribution in [-0.4, -0.2) is 4.98 Å². The first-order chi connectivity index (χ1) is 23.4. The van der Waals surface area contributed by atoms with E-state index in [4.69, 9.17) is 4.98 Å². The molecule has 0 bridgehead atoms. The number of benzene rings is 7. The van der Waals surface area contributed by atoms with Gasteiger partial charge in [-0.1, -0.05) is 105 Å². The Bertz CT molecular complexity index is 2640. The molecule has 0 saturated carbocycles. The van der Waals surface area contributed by atoms with Crippen molar-refractivity contribution in [2.75, 3.05) is 0 Å². The van der Waals surface area contributed by atoms with Gasteiger partial charge in [0, 0.05) is 27.1 Å². The summed E-state index contributed by atoms with van der Waals surface area (Å²) in [5.74, 6) is -0.259. The van der Waals surface area contributed by atoms with Crippen LogP contribution in [0.3, 0.4) is 0 Å². The van der Waals surface area contributed by atoms with Crippen molar-refractivity contribution < 1.29 is 4.39 Å². The lowest BCUT2D eigenvalue weighted by Gasteiger charge is -2.22. The third kappa shape index (κ3) is 4.20. The van der Waals surface area contributed by atoms with E-state index < -0.39 is 0 Å². The van der Waals surface area contributed by atoms with Gasteiger partial charge in [0.1, 0.15) is 5.82 Å². The Balaban J connectivity index is 1.15. The van der Waals surface area contributed by atoms with Gasteiger partial charge in [0.2, 0.25) is 0 Å². The zero-order valence-corrected chi connectivity index (χ0v) is 26.6. The number of pyridine rings is 1. The number of nitriles is 1. The van der Waals surface area contributed by atoms with E-state index >= 15 is 0 Å². The summed E-state index contributed by atoms with van der Waals surface area (Å²) in [6, 6.07) is 49.7. The molecule has 1 aromatic heterocycles. The Morgan fingerprint density at radius 3 is 1.98 bits per heavy atom. The maximum atomic E-state index is 13.8. The second-order valence-electron chi connectivity index (χ2n) is 13.2. The van der Waals surface area contributed by atoms with Crippen LogP contribution in [0.25, 0.3) is 77.1 Å². The Hall–Kier alpha value is -6.11. The minimum Gasteiger partial charge on any atom is -0.247 e. The summed E-state index contributed by atoms with van der Waals surface area (Å²) < 4.78 is 13.8. The molecule has 3 heteroatoms. The van der Waals surface area contributed by atoms with Crippen molar-refractivity contribution in [2.24, 2.45) is 0 Å². The van der Waals surface area contributed by atoms with Crippen LogP contribution in [0.1, 0.15) is 30.5 Å². The Kier molecular flexibility index (Phi) is 6.13. The molecule has 226 valence electrons. The van der Waals surface area contributed by atoms with Crippen molar-refractivity contribution in [3.63, 3.8) is 0 Å². The number of rotatable bonds is 3. The second kappa shape index (κ2) is 10.5. The minimum absolute atomic E-state index is 0.185. The molecule has 1 aliphatic rings. The largest absolute Gasteiger partial charge is 0.247 e. The van der Waals surface area contributed by atoms with E-state index in [-0.39, 0.29) is 11.2 Å². The standard InChI is InChI=1S/C45H29FN2/c1-45(2)40-24-27(26-47)10-20-35(40)36-21-17-31(25-41(36)45)28-11-13-29(14-12-28)33-7-5-8-37-34(33)22-23-39-43(37)38-6-3-4-9-42(38)48-44(39)30-15-18-32(46)19-16-30/h3-25H,1-2H3. The average Bonchev–Trinajstić information content (AvgIpc) is 3.36. The molecule has 0 amide bonds. The normalized spacial score (nSPS) is 13.0. The predicted molar refractivity (Wildman–Crippen MR) is 195 cm³/mol. The van der Waals surface area contributed by atoms with Gasteiger partial charge in [-0.3, -0.25) is 0 Å². The zero-order chi connectivity index (χ0) is 32.6. The number of hydrogen-bond donors (Lipinski definition) is 0. The quantitative estimate of drug-likeness (QED) is 0.185. The van der Waals surface area contributed by atoms with Crippen molar-refractivity contribution in [3.8, 4) is 50.7 Å². The third-order valence-electron chi connectivity index (χ3n) is 10.2. The molecule has 8 aromatic rings. The number of fused-ring (bicyclic) bond motifs is 8. The number of halogens is 1. The van der Waals surface area contributed by atoms with Gasteiger partial charge in [-0.2, -0.15) is 5.26 Å². The summed E-state index contributed by atoms with van der Waals surface area (Å²) in [6.07, 6.45) is 0. The molecule has 0 aliphatic heterocycles. The molecular weight excluding hydrogens is 588 g/mol. The summed E-state index contributed by atoms with van der Waals surface area (Å²) >= 11 is 0. The van der Waals surface area contributed by atoms with Crippen molar-refractivity contribution >= 4 is 32.4 Å². The molecule has 9 rings (SSSR count). The fraction of sp³-hybridized carbons (Fsp3) is 0.0667. The first-order valence-corrected chi connectivity index (χ1v) is 16.2. The van der Waals surface area contributed by atoms with Gasteiger partial charge in [-0.15, -0.1) is 0 Å². The van der Waals surface area contributed by atoms with Gasteiger partial charge in [-0.25, -0.2) is 9.37 Å². The fourth-order valence-electron chi connectivity index (χ4n) is 7.72. The van der Waals surface area contributed by atoms with Crippen molar-refractivity contribution in [1.29, 1.82) is 5.26 Å². The average molecular weight is 617 g/mol. The van der Waals surface area contributed by atoms with Crippen LogP contribution >= 0.6 is 0 Å². The lowest BCUT2D eigenvalue weighted by molar-refractivity contribution is 0.628. The van der Waals surface area contributed by atoms with Crippen LogP contribution in [0.5, 0.6) is 0 Å². The molecule has 0 unspecified atom stereocenters. The number of para-hydroxylation sites is 1.